The molecule has 0 saturated carbocycles. The molecule has 136 valence electrons. The van der Waals surface area contributed by atoms with Gasteiger partial charge in [0, 0.05) is 44.5 Å². The van der Waals surface area contributed by atoms with Crippen LogP contribution in [0.5, 0.6) is 0 Å². The van der Waals surface area contributed by atoms with Crippen molar-refractivity contribution in [1.29, 1.82) is 0 Å². The summed E-state index contributed by atoms with van der Waals surface area (Å²) in [6.45, 7) is 1.73. The molecule has 8 nitrogen and oxygen atoms in total. The lowest BCUT2D eigenvalue weighted by atomic mass is 10.00. The van der Waals surface area contributed by atoms with E-state index in [9.17, 15) is 19.7 Å². The average molecular weight is 350 g/mol. The largest absolute Gasteiger partial charge is 0.478 e. The molecular weight excluding hydrogens is 328 g/mol. The average Bonchev–Trinajstić information content (AvgIpc) is 2.84. The van der Waals surface area contributed by atoms with Gasteiger partial charge in [-0.3, -0.25) is 14.9 Å². The zero-order chi connectivity index (χ0) is 18.4. The van der Waals surface area contributed by atoms with Crippen molar-refractivity contribution in [2.45, 2.75) is 25.7 Å². The van der Waals surface area contributed by atoms with Crippen LogP contribution in [0, 0.1) is 16.0 Å². The van der Waals surface area contributed by atoms with Crippen LogP contribution >= 0.6 is 0 Å². The third kappa shape index (κ3) is 4.99. The molecule has 8 heteroatoms. The van der Waals surface area contributed by atoms with E-state index >= 15 is 0 Å². The number of aromatic carboxylic acids is 1. The number of ether oxygens (including phenoxy) is 1. The number of nitro groups is 1. The Morgan fingerprint density at radius 1 is 1.32 bits per heavy atom. The van der Waals surface area contributed by atoms with Gasteiger partial charge in [-0.05, 0) is 31.2 Å². The summed E-state index contributed by atoms with van der Waals surface area (Å²) in [7, 11) is 1.64. The van der Waals surface area contributed by atoms with Crippen molar-refractivity contribution in [1.82, 2.24) is 4.90 Å². The normalized spacial score (nSPS) is 17.8. The molecule has 1 saturated heterocycles. The molecule has 1 heterocycles. The number of carbonyl (C=O) groups is 2. The molecule has 1 fully saturated rings. The standard InChI is InChI=1S/C17H22N2O6/c1-25-7-5-12-4-2-3-6-18(11-12)16(20)13-8-14(17(21)22)10-15(9-13)19(23)24/h8-10,12H,2-7,11H2,1H3,(H,21,22). The van der Waals surface area contributed by atoms with Gasteiger partial charge in [0.15, 0.2) is 0 Å². The number of carboxylic acids is 1. The van der Waals surface area contributed by atoms with E-state index in [-0.39, 0.29) is 17.0 Å². The van der Waals surface area contributed by atoms with Crippen molar-refractivity contribution in [3.63, 3.8) is 0 Å². The fourth-order valence-electron chi connectivity index (χ4n) is 3.08. The van der Waals surface area contributed by atoms with Crippen LogP contribution < -0.4 is 0 Å². The van der Waals surface area contributed by atoms with Gasteiger partial charge in [0.25, 0.3) is 11.6 Å². The molecule has 1 aliphatic rings. The minimum Gasteiger partial charge on any atom is -0.478 e. The number of rotatable bonds is 6. The zero-order valence-corrected chi connectivity index (χ0v) is 14.1. The van der Waals surface area contributed by atoms with Crippen LogP contribution in [0.2, 0.25) is 0 Å². The van der Waals surface area contributed by atoms with Crippen LogP contribution in [0.1, 0.15) is 46.4 Å². The maximum absolute atomic E-state index is 12.8. The van der Waals surface area contributed by atoms with Gasteiger partial charge < -0.3 is 14.7 Å². The summed E-state index contributed by atoms with van der Waals surface area (Å²) in [6.07, 6.45) is 3.71. The lowest BCUT2D eigenvalue weighted by Gasteiger charge is -2.24. The first-order chi connectivity index (χ1) is 11.9. The summed E-state index contributed by atoms with van der Waals surface area (Å²) in [5, 5.41) is 20.2. The number of likely N-dealkylation sites (tertiary alicyclic amines) is 1. The second kappa shape index (κ2) is 8.57. The van der Waals surface area contributed by atoms with Gasteiger partial charge in [0.1, 0.15) is 0 Å². The number of hydrogen-bond donors (Lipinski definition) is 1. The first-order valence-electron chi connectivity index (χ1n) is 8.23. The van der Waals surface area contributed by atoms with Gasteiger partial charge in [0.05, 0.1) is 10.5 Å². The number of amides is 1. The summed E-state index contributed by atoms with van der Waals surface area (Å²) >= 11 is 0. The van der Waals surface area contributed by atoms with E-state index in [2.05, 4.69) is 0 Å². The molecule has 1 N–H and O–H groups in total. The fraction of sp³-hybridized carbons (Fsp3) is 0.529. The zero-order valence-electron chi connectivity index (χ0n) is 14.1. The number of methoxy groups -OCH3 is 1. The van der Waals surface area contributed by atoms with Crippen molar-refractivity contribution in [2.75, 3.05) is 26.8 Å². The van der Waals surface area contributed by atoms with E-state index in [1.165, 1.54) is 6.07 Å². The first-order valence-corrected chi connectivity index (χ1v) is 8.23. The Labute approximate surface area is 145 Å². The van der Waals surface area contributed by atoms with Gasteiger partial charge in [-0.2, -0.15) is 0 Å². The van der Waals surface area contributed by atoms with Gasteiger partial charge in [0.2, 0.25) is 0 Å². The number of carbonyl (C=O) groups excluding carboxylic acids is 1. The highest BCUT2D eigenvalue weighted by atomic mass is 16.6. The van der Waals surface area contributed by atoms with Crippen molar-refractivity contribution >= 4 is 17.6 Å². The van der Waals surface area contributed by atoms with Gasteiger partial charge in [-0.1, -0.05) is 6.42 Å². The number of nitro benzene ring substituents is 1. The van der Waals surface area contributed by atoms with E-state index in [0.29, 0.717) is 25.6 Å². The van der Waals surface area contributed by atoms with E-state index in [0.717, 1.165) is 37.8 Å². The predicted molar refractivity (Wildman–Crippen MR) is 89.8 cm³/mol. The van der Waals surface area contributed by atoms with Crippen LogP contribution in [0.25, 0.3) is 0 Å². The Balaban J connectivity index is 2.25. The molecule has 0 spiro atoms. The SMILES string of the molecule is COCCC1CCCCN(C(=O)c2cc(C(=O)O)cc([N+](=O)[O-])c2)C1. The van der Waals surface area contributed by atoms with E-state index in [1.54, 1.807) is 12.0 Å². The van der Waals surface area contributed by atoms with Crippen molar-refractivity contribution in [2.24, 2.45) is 5.92 Å². The number of carboxylic acid groups (broad SMARTS) is 1. The molecule has 1 unspecified atom stereocenters. The Morgan fingerprint density at radius 2 is 2.04 bits per heavy atom. The minimum atomic E-state index is -1.30. The van der Waals surface area contributed by atoms with Crippen molar-refractivity contribution in [3.05, 3.63) is 39.4 Å². The maximum atomic E-state index is 12.8. The molecule has 1 aliphatic heterocycles. The van der Waals surface area contributed by atoms with Crippen LogP contribution in [0.3, 0.4) is 0 Å². The number of non-ortho nitro benzene ring substituents is 1. The lowest BCUT2D eigenvalue weighted by molar-refractivity contribution is -0.384. The summed E-state index contributed by atoms with van der Waals surface area (Å²) in [6, 6.07) is 3.31. The van der Waals surface area contributed by atoms with Crippen molar-refractivity contribution in [3.8, 4) is 0 Å². The highest BCUT2D eigenvalue weighted by Gasteiger charge is 2.25. The monoisotopic (exact) mass is 350 g/mol. The second-order valence-corrected chi connectivity index (χ2v) is 6.23. The molecular formula is C17H22N2O6. The predicted octanol–water partition coefficient (Wildman–Crippen LogP) is 2.57. The molecule has 0 bridgehead atoms. The molecule has 1 aromatic rings. The van der Waals surface area contributed by atoms with Gasteiger partial charge in [-0.25, -0.2) is 4.79 Å². The minimum absolute atomic E-state index is 0.0407. The van der Waals surface area contributed by atoms with Crippen LogP contribution in [0.4, 0.5) is 5.69 Å². The molecule has 0 aromatic heterocycles. The van der Waals surface area contributed by atoms with E-state index < -0.39 is 16.6 Å². The maximum Gasteiger partial charge on any atom is 0.335 e. The van der Waals surface area contributed by atoms with Crippen molar-refractivity contribution < 1.29 is 24.4 Å². The lowest BCUT2D eigenvalue weighted by Crippen LogP contribution is -2.35. The Bertz CT molecular complexity index is 628. The van der Waals surface area contributed by atoms with Crippen LogP contribution in [-0.2, 0) is 4.74 Å². The van der Waals surface area contributed by atoms with Gasteiger partial charge >= 0.3 is 5.97 Å². The fourth-order valence-corrected chi connectivity index (χ4v) is 3.08. The third-order valence-corrected chi connectivity index (χ3v) is 4.41. The quantitative estimate of drug-likeness (QED) is 0.624. The highest BCUT2D eigenvalue weighted by Crippen LogP contribution is 2.23. The molecule has 0 aliphatic carbocycles. The molecule has 1 aromatic carbocycles. The molecule has 1 amide bonds. The summed E-state index contributed by atoms with van der Waals surface area (Å²) in [5.74, 6) is -1.36. The first kappa shape index (κ1) is 18.9. The van der Waals surface area contributed by atoms with Crippen LogP contribution in [-0.4, -0.2) is 53.6 Å². The number of benzene rings is 1. The van der Waals surface area contributed by atoms with Gasteiger partial charge in [-0.15, -0.1) is 0 Å². The molecule has 25 heavy (non-hydrogen) atoms. The van der Waals surface area contributed by atoms with Crippen LogP contribution in [0.15, 0.2) is 18.2 Å². The molecule has 1 atom stereocenters. The third-order valence-electron chi connectivity index (χ3n) is 4.41. The summed E-state index contributed by atoms with van der Waals surface area (Å²) < 4.78 is 5.11. The van der Waals surface area contributed by atoms with E-state index in [4.69, 9.17) is 9.84 Å². The second-order valence-electron chi connectivity index (χ2n) is 6.23. The smallest absolute Gasteiger partial charge is 0.335 e. The number of hydrogen-bond acceptors (Lipinski definition) is 5. The summed E-state index contributed by atoms with van der Waals surface area (Å²) in [4.78, 5) is 36.0. The topological polar surface area (TPSA) is 110 Å². The Morgan fingerprint density at radius 3 is 2.68 bits per heavy atom. The van der Waals surface area contributed by atoms with E-state index in [1.807, 2.05) is 0 Å². The highest BCUT2D eigenvalue weighted by molar-refractivity contribution is 5.98. The Hall–Kier alpha value is -2.48. The number of nitrogens with zero attached hydrogens (tertiary/aromatic N) is 2. The molecule has 0 radical (unpaired) electrons. The summed E-state index contributed by atoms with van der Waals surface area (Å²) in [5.41, 5.74) is -0.615. The Kier molecular flexibility index (Phi) is 6.46. The molecule has 2 rings (SSSR count).